The van der Waals surface area contributed by atoms with E-state index in [0.717, 1.165) is 12.1 Å². The van der Waals surface area contributed by atoms with E-state index in [1.165, 1.54) is 17.0 Å². The molecular weight excluding hydrogens is 337 g/mol. The van der Waals surface area contributed by atoms with Gasteiger partial charge in [0.25, 0.3) is 0 Å². The van der Waals surface area contributed by atoms with Crippen molar-refractivity contribution >= 4 is 27.3 Å². The number of benzene rings is 1. The number of sulfone groups is 1. The van der Waals surface area contributed by atoms with E-state index in [-0.39, 0.29) is 0 Å². The van der Waals surface area contributed by atoms with Crippen LogP contribution in [0.25, 0.3) is 0 Å². The number of carbonyl (C=O) groups excluding carboxylic acids is 2. The van der Waals surface area contributed by atoms with Gasteiger partial charge in [0, 0.05) is 31.9 Å². The second-order valence-electron chi connectivity index (χ2n) is 5.77. The van der Waals surface area contributed by atoms with E-state index in [1.807, 2.05) is 7.05 Å². The third kappa shape index (κ3) is 5.57. The Morgan fingerprint density at radius 3 is 2.25 bits per heavy atom. The Morgan fingerprint density at radius 1 is 1.08 bits per heavy atom. The second kappa shape index (κ2) is 7.71. The minimum Gasteiger partial charge on any atom is -0.339 e. The molecule has 0 atom stereocenters. The minimum absolute atomic E-state index is 0.294. The summed E-state index contributed by atoms with van der Waals surface area (Å²) >= 11 is 0. The Hall–Kier alpha value is -2.00. The zero-order valence-electron chi connectivity index (χ0n) is 13.4. The average Bonchev–Trinajstić information content (AvgIpc) is 2.49. The van der Waals surface area contributed by atoms with Crippen molar-refractivity contribution in [2.24, 2.45) is 0 Å². The Kier molecular flexibility index (Phi) is 5.89. The van der Waals surface area contributed by atoms with Crippen LogP contribution in [0.15, 0.2) is 24.3 Å². The molecule has 1 fully saturated rings. The lowest BCUT2D eigenvalue weighted by molar-refractivity contribution is -0.129. The zero-order valence-corrected chi connectivity index (χ0v) is 14.2. The van der Waals surface area contributed by atoms with E-state index in [2.05, 4.69) is 10.2 Å². The number of nitrogens with zero attached hydrogens (tertiary/aromatic N) is 2. The smallest absolute Gasteiger partial charge is 0.239 e. The van der Waals surface area contributed by atoms with Crippen LogP contribution in [0, 0.1) is 5.82 Å². The van der Waals surface area contributed by atoms with Crippen LogP contribution in [0.2, 0.25) is 0 Å². The SMILES string of the molecule is CN1CCN(C(=O)CS(=O)(=O)CC(=O)Nc2ccc(F)cc2)CC1. The average molecular weight is 357 g/mol. The number of carbonyl (C=O) groups is 2. The standard InChI is InChI=1S/C15H20FN3O4S/c1-18-6-8-19(9-7-18)15(21)11-24(22,23)10-14(20)17-13-4-2-12(16)3-5-13/h2-5H,6-11H2,1H3,(H,17,20). The predicted molar refractivity (Wildman–Crippen MR) is 87.8 cm³/mol. The van der Waals surface area contributed by atoms with Gasteiger partial charge in [-0.2, -0.15) is 0 Å². The van der Waals surface area contributed by atoms with Gasteiger partial charge in [0.1, 0.15) is 17.3 Å². The number of rotatable bonds is 5. The number of piperazine rings is 1. The molecule has 2 amide bonds. The molecule has 0 radical (unpaired) electrons. The molecule has 0 aromatic heterocycles. The maximum Gasteiger partial charge on any atom is 0.239 e. The fourth-order valence-electron chi connectivity index (χ4n) is 2.32. The van der Waals surface area contributed by atoms with E-state index in [4.69, 9.17) is 0 Å². The molecule has 0 unspecified atom stereocenters. The molecule has 1 aliphatic rings. The van der Waals surface area contributed by atoms with Crippen LogP contribution < -0.4 is 5.32 Å². The van der Waals surface area contributed by atoms with Gasteiger partial charge in [0.15, 0.2) is 9.84 Å². The van der Waals surface area contributed by atoms with Crippen molar-refractivity contribution in [1.82, 2.24) is 9.80 Å². The van der Waals surface area contributed by atoms with Crippen LogP contribution in [0.4, 0.5) is 10.1 Å². The Labute approximate surface area is 140 Å². The molecule has 9 heteroatoms. The molecule has 132 valence electrons. The number of amides is 2. The molecule has 0 spiro atoms. The molecule has 1 N–H and O–H groups in total. The highest BCUT2D eigenvalue weighted by Gasteiger charge is 2.26. The van der Waals surface area contributed by atoms with Crippen LogP contribution >= 0.6 is 0 Å². The molecule has 24 heavy (non-hydrogen) atoms. The third-order valence-electron chi connectivity index (χ3n) is 3.68. The number of anilines is 1. The van der Waals surface area contributed by atoms with Crippen molar-refractivity contribution in [3.63, 3.8) is 0 Å². The maximum absolute atomic E-state index is 12.8. The lowest BCUT2D eigenvalue weighted by Gasteiger charge is -2.32. The van der Waals surface area contributed by atoms with Crippen LogP contribution in [0.1, 0.15) is 0 Å². The van der Waals surface area contributed by atoms with Crippen molar-refractivity contribution in [2.75, 3.05) is 50.0 Å². The Balaban J connectivity index is 1.87. The molecule has 1 aromatic carbocycles. The highest BCUT2D eigenvalue weighted by Crippen LogP contribution is 2.09. The Bertz CT molecular complexity index is 698. The van der Waals surface area contributed by atoms with Crippen LogP contribution in [0.3, 0.4) is 0 Å². The highest BCUT2D eigenvalue weighted by molar-refractivity contribution is 7.92. The van der Waals surface area contributed by atoms with Crippen molar-refractivity contribution in [3.8, 4) is 0 Å². The lowest BCUT2D eigenvalue weighted by atomic mass is 10.3. The van der Waals surface area contributed by atoms with Gasteiger partial charge in [0.2, 0.25) is 11.8 Å². The van der Waals surface area contributed by atoms with Gasteiger partial charge in [-0.15, -0.1) is 0 Å². The fourth-order valence-corrected chi connectivity index (χ4v) is 3.45. The monoisotopic (exact) mass is 357 g/mol. The summed E-state index contributed by atoms with van der Waals surface area (Å²) in [6.45, 7) is 2.34. The molecule has 0 aliphatic carbocycles. The molecule has 1 aromatic rings. The van der Waals surface area contributed by atoms with Gasteiger partial charge in [-0.25, -0.2) is 12.8 Å². The van der Waals surface area contributed by atoms with Crippen molar-refractivity contribution < 1.29 is 22.4 Å². The van der Waals surface area contributed by atoms with Gasteiger partial charge >= 0.3 is 0 Å². The van der Waals surface area contributed by atoms with Gasteiger partial charge in [-0.05, 0) is 31.3 Å². The Morgan fingerprint density at radius 2 is 1.67 bits per heavy atom. The van der Waals surface area contributed by atoms with Gasteiger partial charge in [0.05, 0.1) is 0 Å². The third-order valence-corrected chi connectivity index (χ3v) is 5.07. The molecule has 2 rings (SSSR count). The highest BCUT2D eigenvalue weighted by atomic mass is 32.2. The molecule has 1 aliphatic heterocycles. The predicted octanol–water partition coefficient (Wildman–Crippen LogP) is -0.0470. The second-order valence-corrected chi connectivity index (χ2v) is 7.84. The van der Waals surface area contributed by atoms with Crippen molar-refractivity contribution in [3.05, 3.63) is 30.1 Å². The summed E-state index contributed by atoms with van der Waals surface area (Å²) < 4.78 is 36.8. The summed E-state index contributed by atoms with van der Waals surface area (Å²) in [6.07, 6.45) is 0. The molecular formula is C15H20FN3O4S. The summed E-state index contributed by atoms with van der Waals surface area (Å²) in [5.74, 6) is -3.18. The van der Waals surface area contributed by atoms with E-state index in [1.54, 1.807) is 0 Å². The summed E-state index contributed by atoms with van der Waals surface area (Å²) in [5.41, 5.74) is 0.294. The fraction of sp³-hybridized carbons (Fsp3) is 0.467. The first-order valence-electron chi connectivity index (χ1n) is 7.47. The number of likely N-dealkylation sites (N-methyl/N-ethyl adjacent to an activating group) is 1. The molecule has 0 saturated carbocycles. The quantitative estimate of drug-likeness (QED) is 0.799. The molecule has 1 saturated heterocycles. The van der Waals surface area contributed by atoms with Gasteiger partial charge in [-0.3, -0.25) is 9.59 Å². The largest absolute Gasteiger partial charge is 0.339 e. The summed E-state index contributed by atoms with van der Waals surface area (Å²) in [4.78, 5) is 27.4. The zero-order chi connectivity index (χ0) is 17.7. The lowest BCUT2D eigenvalue weighted by Crippen LogP contribution is -2.49. The van der Waals surface area contributed by atoms with Crippen LogP contribution in [0.5, 0.6) is 0 Å². The molecule has 0 bridgehead atoms. The maximum atomic E-state index is 12.8. The van der Waals surface area contributed by atoms with Crippen molar-refractivity contribution in [1.29, 1.82) is 0 Å². The summed E-state index contributed by atoms with van der Waals surface area (Å²) in [7, 11) is -1.93. The van der Waals surface area contributed by atoms with Crippen LogP contribution in [-0.2, 0) is 19.4 Å². The number of hydrogen-bond acceptors (Lipinski definition) is 5. The van der Waals surface area contributed by atoms with E-state index >= 15 is 0 Å². The molecule has 1 heterocycles. The first-order chi connectivity index (χ1) is 11.2. The van der Waals surface area contributed by atoms with E-state index in [9.17, 15) is 22.4 Å². The van der Waals surface area contributed by atoms with E-state index in [0.29, 0.717) is 31.9 Å². The van der Waals surface area contributed by atoms with Crippen LogP contribution in [-0.4, -0.2) is 74.8 Å². The van der Waals surface area contributed by atoms with Crippen molar-refractivity contribution in [2.45, 2.75) is 0 Å². The first kappa shape index (κ1) is 18.3. The number of halogens is 1. The normalized spacial score (nSPS) is 16.0. The number of nitrogens with one attached hydrogen (secondary N) is 1. The minimum atomic E-state index is -3.86. The summed E-state index contributed by atoms with van der Waals surface area (Å²) in [5, 5.41) is 2.37. The van der Waals surface area contributed by atoms with E-state index < -0.39 is 39.0 Å². The molecule has 7 nitrogen and oxygen atoms in total. The van der Waals surface area contributed by atoms with Gasteiger partial charge < -0.3 is 15.1 Å². The summed E-state index contributed by atoms with van der Waals surface area (Å²) in [6, 6.07) is 4.96. The van der Waals surface area contributed by atoms with Gasteiger partial charge in [-0.1, -0.05) is 0 Å². The topological polar surface area (TPSA) is 86.8 Å². The first-order valence-corrected chi connectivity index (χ1v) is 9.29. The number of hydrogen-bond donors (Lipinski definition) is 1.